The van der Waals surface area contributed by atoms with Crippen LogP contribution >= 0.6 is 11.6 Å². The number of ether oxygens (including phenoxy) is 2. The summed E-state index contributed by atoms with van der Waals surface area (Å²) in [6, 6.07) is 10.8. The fraction of sp³-hybridized carbons (Fsp3) is 0.300. The zero-order chi connectivity index (χ0) is 20.4. The number of hydrogen-bond donors (Lipinski definition) is 0. The van der Waals surface area contributed by atoms with Gasteiger partial charge in [-0.05, 0) is 30.7 Å². The van der Waals surface area contributed by atoms with E-state index in [0.29, 0.717) is 41.1 Å². The van der Waals surface area contributed by atoms with Gasteiger partial charge in [0.2, 0.25) is 11.7 Å². The first-order valence-corrected chi connectivity index (χ1v) is 11.3. The summed E-state index contributed by atoms with van der Waals surface area (Å²) in [7, 11) is -3.57. The molecule has 1 aliphatic heterocycles. The molecule has 0 atom stereocenters. The van der Waals surface area contributed by atoms with Gasteiger partial charge in [0.05, 0.1) is 24.0 Å². The van der Waals surface area contributed by atoms with Crippen LogP contribution in [0.3, 0.4) is 0 Å². The molecule has 0 bridgehead atoms. The molecule has 0 saturated heterocycles. The fourth-order valence-corrected chi connectivity index (χ4v) is 4.63. The molecule has 2 heterocycles. The minimum Gasteiger partial charge on any atom is -0.489 e. The summed E-state index contributed by atoms with van der Waals surface area (Å²) in [4.78, 5) is 4.22. The van der Waals surface area contributed by atoms with E-state index < -0.39 is 9.84 Å². The highest BCUT2D eigenvalue weighted by Gasteiger charge is 2.22. The third kappa shape index (κ3) is 4.71. The average Bonchev–Trinajstić information content (AvgIpc) is 2.97. The second-order valence-corrected chi connectivity index (χ2v) is 9.34. The van der Waals surface area contributed by atoms with Gasteiger partial charge in [0.15, 0.2) is 21.3 Å². The summed E-state index contributed by atoms with van der Waals surface area (Å²) in [5, 5.41) is 4.22. The molecular formula is C20H19ClN2O5S. The molecular weight excluding hydrogens is 416 g/mol. The van der Waals surface area contributed by atoms with Crippen LogP contribution in [0.25, 0.3) is 11.4 Å². The van der Waals surface area contributed by atoms with Crippen LogP contribution < -0.4 is 9.47 Å². The highest BCUT2D eigenvalue weighted by atomic mass is 35.5. The van der Waals surface area contributed by atoms with Crippen LogP contribution in [-0.4, -0.2) is 31.8 Å². The van der Waals surface area contributed by atoms with Gasteiger partial charge in [0.1, 0.15) is 5.75 Å². The predicted molar refractivity (Wildman–Crippen MR) is 108 cm³/mol. The first-order valence-electron chi connectivity index (χ1n) is 9.08. The van der Waals surface area contributed by atoms with Gasteiger partial charge < -0.3 is 14.0 Å². The fourth-order valence-electron chi connectivity index (χ4n) is 3.08. The van der Waals surface area contributed by atoms with Gasteiger partial charge in [0.25, 0.3) is 0 Å². The number of nitrogens with zero attached hydrogens (tertiary/aromatic N) is 2. The van der Waals surface area contributed by atoms with Crippen LogP contribution in [0.1, 0.15) is 23.4 Å². The Morgan fingerprint density at radius 2 is 1.93 bits per heavy atom. The Balaban J connectivity index is 1.51. The lowest BCUT2D eigenvalue weighted by Gasteiger charge is -2.11. The quantitative estimate of drug-likeness (QED) is 0.599. The van der Waals surface area contributed by atoms with Crippen LogP contribution in [0.2, 0.25) is 5.02 Å². The molecule has 0 unspecified atom stereocenters. The van der Waals surface area contributed by atoms with E-state index in [1.807, 2.05) is 31.2 Å². The highest BCUT2D eigenvalue weighted by molar-refractivity contribution is 7.89. The van der Waals surface area contributed by atoms with Gasteiger partial charge in [0, 0.05) is 12.0 Å². The molecule has 0 spiro atoms. The Morgan fingerprint density at radius 1 is 1.10 bits per heavy atom. The number of fused-ring (bicyclic) bond motifs is 1. The lowest BCUT2D eigenvalue weighted by Crippen LogP contribution is -2.08. The van der Waals surface area contributed by atoms with Crippen molar-refractivity contribution in [3.63, 3.8) is 0 Å². The maximum absolute atomic E-state index is 12.7. The first-order chi connectivity index (χ1) is 13.9. The molecule has 0 fully saturated rings. The molecule has 3 aromatic rings. The molecule has 7 nitrogen and oxygen atoms in total. The highest BCUT2D eigenvalue weighted by Crippen LogP contribution is 2.38. The Bertz CT molecular complexity index is 1140. The maximum Gasteiger partial charge on any atom is 0.242 e. The van der Waals surface area contributed by atoms with Crippen LogP contribution in [0.4, 0.5) is 0 Å². The molecule has 4 rings (SSSR count). The number of hydrogen-bond acceptors (Lipinski definition) is 7. The van der Waals surface area contributed by atoms with Gasteiger partial charge in [-0.25, -0.2) is 8.42 Å². The van der Waals surface area contributed by atoms with Crippen molar-refractivity contribution >= 4 is 21.4 Å². The standard InChI is InChI=1S/C20H19ClN2O5S/c1-13-4-2-5-15(8-13)20-22-18(28-23-20)12-29(24,25)11-14-9-16(21)19-17(10-14)26-6-3-7-27-19/h2,4-5,8-10H,3,6-7,11-12H2,1H3. The second-order valence-electron chi connectivity index (χ2n) is 6.87. The van der Waals surface area contributed by atoms with Crippen molar-refractivity contribution in [3.8, 4) is 22.9 Å². The number of rotatable bonds is 5. The summed E-state index contributed by atoms with van der Waals surface area (Å²) in [5.74, 6) is 0.716. The lowest BCUT2D eigenvalue weighted by molar-refractivity contribution is 0.297. The number of sulfone groups is 1. The molecule has 0 radical (unpaired) electrons. The predicted octanol–water partition coefficient (Wildman–Crippen LogP) is 3.97. The van der Waals surface area contributed by atoms with E-state index in [1.165, 1.54) is 0 Å². The molecule has 9 heteroatoms. The largest absolute Gasteiger partial charge is 0.489 e. The maximum atomic E-state index is 12.7. The SMILES string of the molecule is Cc1cccc(-c2noc(CS(=O)(=O)Cc3cc(Cl)c4c(c3)OCCCO4)n2)c1. The molecule has 2 aromatic carbocycles. The summed E-state index contributed by atoms with van der Waals surface area (Å²) in [6.07, 6.45) is 0.735. The van der Waals surface area contributed by atoms with E-state index >= 15 is 0 Å². The summed E-state index contributed by atoms with van der Waals surface area (Å²) >= 11 is 6.25. The normalized spacial score (nSPS) is 13.9. The third-order valence-corrected chi connectivity index (χ3v) is 6.08. The van der Waals surface area contributed by atoms with Crippen molar-refractivity contribution in [2.75, 3.05) is 13.2 Å². The van der Waals surface area contributed by atoms with Gasteiger partial charge in [-0.2, -0.15) is 4.98 Å². The van der Waals surface area contributed by atoms with Crippen LogP contribution in [0.5, 0.6) is 11.5 Å². The van der Waals surface area contributed by atoms with Crippen LogP contribution in [-0.2, 0) is 21.3 Å². The molecule has 152 valence electrons. The number of halogens is 1. The molecule has 0 amide bonds. The van der Waals surface area contributed by atoms with Crippen molar-refractivity contribution in [1.82, 2.24) is 10.1 Å². The van der Waals surface area contributed by atoms with Crippen LogP contribution in [0.15, 0.2) is 40.9 Å². The molecule has 0 N–H and O–H groups in total. The molecule has 1 aliphatic rings. The van der Waals surface area contributed by atoms with E-state index in [9.17, 15) is 8.42 Å². The van der Waals surface area contributed by atoms with E-state index in [2.05, 4.69) is 10.1 Å². The van der Waals surface area contributed by atoms with Crippen LogP contribution in [0, 0.1) is 6.92 Å². The first kappa shape index (κ1) is 19.7. The Kier molecular flexibility index (Phi) is 5.47. The number of benzene rings is 2. The Labute approximate surface area is 173 Å². The van der Waals surface area contributed by atoms with Gasteiger partial charge >= 0.3 is 0 Å². The van der Waals surface area contributed by atoms with Crippen molar-refractivity contribution < 1.29 is 22.4 Å². The summed E-state index contributed by atoms with van der Waals surface area (Å²) in [6.45, 7) is 2.95. The summed E-state index contributed by atoms with van der Waals surface area (Å²) in [5.41, 5.74) is 2.33. The Morgan fingerprint density at radius 3 is 2.76 bits per heavy atom. The van der Waals surface area contributed by atoms with E-state index in [4.69, 9.17) is 25.6 Å². The molecule has 0 aliphatic carbocycles. The number of aromatic nitrogens is 2. The van der Waals surface area contributed by atoms with Crippen molar-refractivity contribution in [1.29, 1.82) is 0 Å². The average molecular weight is 435 g/mol. The van der Waals surface area contributed by atoms with E-state index in [1.54, 1.807) is 12.1 Å². The van der Waals surface area contributed by atoms with Crippen molar-refractivity contribution in [2.24, 2.45) is 0 Å². The van der Waals surface area contributed by atoms with Crippen molar-refractivity contribution in [3.05, 3.63) is 58.4 Å². The van der Waals surface area contributed by atoms with Gasteiger partial charge in [-0.15, -0.1) is 0 Å². The van der Waals surface area contributed by atoms with E-state index in [0.717, 1.165) is 17.5 Å². The third-order valence-electron chi connectivity index (χ3n) is 4.34. The molecule has 1 aromatic heterocycles. The smallest absolute Gasteiger partial charge is 0.242 e. The zero-order valence-corrected chi connectivity index (χ0v) is 17.3. The summed E-state index contributed by atoms with van der Waals surface area (Å²) < 4.78 is 41.7. The Hall–Kier alpha value is -2.58. The van der Waals surface area contributed by atoms with Crippen molar-refractivity contribution in [2.45, 2.75) is 24.9 Å². The zero-order valence-electron chi connectivity index (χ0n) is 15.7. The van der Waals surface area contributed by atoms with E-state index in [-0.39, 0.29) is 17.4 Å². The minimum atomic E-state index is -3.57. The van der Waals surface area contributed by atoms with Gasteiger partial charge in [-0.3, -0.25) is 0 Å². The topological polar surface area (TPSA) is 91.5 Å². The second kappa shape index (κ2) is 8.04. The minimum absolute atomic E-state index is 0.0435. The number of aryl methyl sites for hydroxylation is 1. The molecule has 0 saturated carbocycles. The molecule has 29 heavy (non-hydrogen) atoms. The monoisotopic (exact) mass is 434 g/mol. The lowest BCUT2D eigenvalue weighted by atomic mass is 10.1. The van der Waals surface area contributed by atoms with Gasteiger partial charge in [-0.1, -0.05) is 40.5 Å².